The van der Waals surface area contributed by atoms with Gasteiger partial charge in [-0.15, -0.1) is 28.0 Å². The van der Waals surface area contributed by atoms with Crippen molar-refractivity contribution in [2.24, 2.45) is 0 Å². The highest BCUT2D eigenvalue weighted by atomic mass is 35.5. The first kappa shape index (κ1) is 15.6. The monoisotopic (exact) mass is 352 g/mol. The molecule has 0 saturated heterocycles. The molecule has 9 heteroatoms. The van der Waals surface area contributed by atoms with Crippen LogP contribution in [0.1, 0.15) is 0 Å². The molecule has 0 bridgehead atoms. The Morgan fingerprint density at radius 3 is 3.13 bits per heavy atom. The second-order valence-electron chi connectivity index (χ2n) is 4.43. The normalized spacial score (nSPS) is 10.7. The minimum Gasteiger partial charge on any atom is -0.497 e. The number of nitrogens with zero attached hydrogens (tertiary/aromatic N) is 3. The van der Waals surface area contributed by atoms with Crippen LogP contribution in [0.25, 0.3) is 16.2 Å². The summed E-state index contributed by atoms with van der Waals surface area (Å²) >= 11 is 6.88. The molecule has 23 heavy (non-hydrogen) atoms. The standard InChI is InChI=1S/C14H13ClN4O3S/c1-21-10-4-2-3-9(7-10)11-8-23-13-16-12(18-19(11)13)17-14(20)22-6-5-15/h2-4,7-8H,5-6H2,1H3,(H,17,18,20). The summed E-state index contributed by atoms with van der Waals surface area (Å²) < 4.78 is 11.7. The summed E-state index contributed by atoms with van der Waals surface area (Å²) in [4.78, 5) is 16.4. The number of halogens is 1. The Bertz CT molecular complexity index is 832. The van der Waals surface area contributed by atoms with E-state index in [4.69, 9.17) is 21.1 Å². The van der Waals surface area contributed by atoms with Crippen LogP contribution in [0.3, 0.4) is 0 Å². The first-order valence-electron chi connectivity index (χ1n) is 6.69. The van der Waals surface area contributed by atoms with Crippen molar-refractivity contribution >= 4 is 39.9 Å². The minimum atomic E-state index is -0.633. The van der Waals surface area contributed by atoms with Crippen molar-refractivity contribution in [1.29, 1.82) is 0 Å². The summed E-state index contributed by atoms with van der Waals surface area (Å²) in [5, 5.41) is 8.70. The number of ether oxygens (including phenoxy) is 2. The van der Waals surface area contributed by atoms with Gasteiger partial charge in [0.15, 0.2) is 0 Å². The molecule has 0 aliphatic heterocycles. The molecule has 7 nitrogen and oxygen atoms in total. The van der Waals surface area contributed by atoms with Gasteiger partial charge in [-0.05, 0) is 12.1 Å². The first-order valence-corrected chi connectivity index (χ1v) is 8.11. The molecule has 0 radical (unpaired) electrons. The third-order valence-electron chi connectivity index (χ3n) is 2.97. The van der Waals surface area contributed by atoms with Crippen LogP contribution in [-0.2, 0) is 4.74 Å². The molecule has 2 heterocycles. The van der Waals surface area contributed by atoms with Gasteiger partial charge in [0.2, 0.25) is 4.96 Å². The third-order valence-corrected chi connectivity index (χ3v) is 3.94. The summed E-state index contributed by atoms with van der Waals surface area (Å²) in [6.07, 6.45) is -0.633. The number of fused-ring (bicyclic) bond motifs is 1. The van der Waals surface area contributed by atoms with Crippen molar-refractivity contribution in [2.45, 2.75) is 0 Å². The van der Waals surface area contributed by atoms with Crippen LogP contribution in [0.2, 0.25) is 0 Å². The van der Waals surface area contributed by atoms with Crippen molar-refractivity contribution in [3.05, 3.63) is 29.6 Å². The average molecular weight is 353 g/mol. The Labute approximate surface area is 140 Å². The summed E-state index contributed by atoms with van der Waals surface area (Å²) in [5.74, 6) is 1.17. The maximum atomic E-state index is 11.5. The lowest BCUT2D eigenvalue weighted by molar-refractivity contribution is 0.168. The smallest absolute Gasteiger partial charge is 0.414 e. The summed E-state index contributed by atoms with van der Waals surface area (Å²) in [5.41, 5.74) is 1.80. The molecule has 0 unspecified atom stereocenters. The molecule has 0 aliphatic carbocycles. The maximum Gasteiger partial charge on any atom is 0.414 e. The third kappa shape index (κ3) is 3.38. The van der Waals surface area contributed by atoms with Gasteiger partial charge in [-0.3, -0.25) is 5.32 Å². The van der Waals surface area contributed by atoms with E-state index in [1.54, 1.807) is 11.6 Å². The lowest BCUT2D eigenvalue weighted by Gasteiger charge is -2.03. The molecule has 2 aromatic heterocycles. The number of methoxy groups -OCH3 is 1. The molecule has 0 saturated carbocycles. The molecular formula is C14H13ClN4O3S. The second kappa shape index (κ2) is 6.84. The van der Waals surface area contributed by atoms with Crippen molar-refractivity contribution in [3.63, 3.8) is 0 Å². The van der Waals surface area contributed by atoms with E-state index in [0.717, 1.165) is 17.0 Å². The number of alkyl halides is 1. The number of carbonyl (C=O) groups excluding carboxylic acids is 1. The van der Waals surface area contributed by atoms with Gasteiger partial charge in [0.05, 0.1) is 18.7 Å². The number of hydrogen-bond donors (Lipinski definition) is 1. The zero-order valence-electron chi connectivity index (χ0n) is 12.2. The number of anilines is 1. The Kier molecular flexibility index (Phi) is 4.63. The lowest BCUT2D eigenvalue weighted by atomic mass is 10.2. The fourth-order valence-electron chi connectivity index (χ4n) is 1.97. The van der Waals surface area contributed by atoms with Crippen LogP contribution in [0.5, 0.6) is 5.75 Å². The van der Waals surface area contributed by atoms with E-state index in [1.807, 2.05) is 29.6 Å². The van der Waals surface area contributed by atoms with Crippen molar-refractivity contribution in [1.82, 2.24) is 14.6 Å². The quantitative estimate of drug-likeness (QED) is 0.713. The van der Waals surface area contributed by atoms with E-state index in [-0.39, 0.29) is 18.4 Å². The fourth-order valence-corrected chi connectivity index (χ4v) is 2.88. The van der Waals surface area contributed by atoms with E-state index in [1.165, 1.54) is 11.3 Å². The number of rotatable bonds is 5. The molecule has 0 spiro atoms. The molecule has 0 fully saturated rings. The highest BCUT2D eigenvalue weighted by Gasteiger charge is 2.14. The summed E-state index contributed by atoms with van der Waals surface area (Å²) in [6, 6.07) is 7.63. The van der Waals surface area contributed by atoms with Gasteiger partial charge in [-0.1, -0.05) is 12.1 Å². The summed E-state index contributed by atoms with van der Waals surface area (Å²) in [6.45, 7) is 0.130. The number of benzene rings is 1. The molecule has 3 aromatic rings. The average Bonchev–Trinajstić information content (AvgIpc) is 3.12. The van der Waals surface area contributed by atoms with Crippen LogP contribution >= 0.6 is 22.9 Å². The highest BCUT2D eigenvalue weighted by Crippen LogP contribution is 2.28. The van der Waals surface area contributed by atoms with Crippen LogP contribution in [-0.4, -0.2) is 40.3 Å². The van der Waals surface area contributed by atoms with Gasteiger partial charge in [0, 0.05) is 10.9 Å². The van der Waals surface area contributed by atoms with Gasteiger partial charge >= 0.3 is 6.09 Å². The highest BCUT2D eigenvalue weighted by molar-refractivity contribution is 7.15. The maximum absolute atomic E-state index is 11.5. The Morgan fingerprint density at radius 1 is 1.48 bits per heavy atom. The molecule has 0 aliphatic rings. The van der Waals surface area contributed by atoms with Crippen LogP contribution in [0, 0.1) is 0 Å². The molecular weight excluding hydrogens is 340 g/mol. The zero-order chi connectivity index (χ0) is 16.2. The van der Waals surface area contributed by atoms with Crippen molar-refractivity contribution < 1.29 is 14.3 Å². The number of aromatic nitrogens is 3. The molecule has 1 aromatic carbocycles. The van der Waals surface area contributed by atoms with E-state index < -0.39 is 6.09 Å². The number of hydrogen-bond acceptors (Lipinski definition) is 6. The molecule has 1 amide bonds. The van der Waals surface area contributed by atoms with E-state index in [0.29, 0.717) is 4.96 Å². The van der Waals surface area contributed by atoms with Gasteiger partial charge in [-0.25, -0.2) is 9.31 Å². The largest absolute Gasteiger partial charge is 0.497 e. The zero-order valence-corrected chi connectivity index (χ0v) is 13.7. The minimum absolute atomic E-state index is 0.130. The summed E-state index contributed by atoms with van der Waals surface area (Å²) in [7, 11) is 1.62. The van der Waals surface area contributed by atoms with Gasteiger partial charge in [0.1, 0.15) is 12.4 Å². The first-order chi connectivity index (χ1) is 11.2. The van der Waals surface area contributed by atoms with Gasteiger partial charge < -0.3 is 9.47 Å². The molecule has 0 atom stereocenters. The van der Waals surface area contributed by atoms with Crippen LogP contribution < -0.4 is 10.1 Å². The van der Waals surface area contributed by atoms with E-state index >= 15 is 0 Å². The molecule has 3 rings (SSSR count). The van der Waals surface area contributed by atoms with E-state index in [2.05, 4.69) is 15.4 Å². The predicted octanol–water partition coefficient (Wildman–Crippen LogP) is 3.25. The Balaban J connectivity index is 1.87. The van der Waals surface area contributed by atoms with Crippen molar-refractivity contribution in [2.75, 3.05) is 24.9 Å². The number of amides is 1. The number of thiazole rings is 1. The van der Waals surface area contributed by atoms with Gasteiger partial charge in [0.25, 0.3) is 5.95 Å². The molecule has 1 N–H and O–H groups in total. The topological polar surface area (TPSA) is 77.8 Å². The number of carbonyl (C=O) groups is 1. The Hall–Kier alpha value is -2.32. The number of nitrogens with one attached hydrogen (secondary N) is 1. The second-order valence-corrected chi connectivity index (χ2v) is 5.65. The van der Waals surface area contributed by atoms with Crippen LogP contribution in [0.15, 0.2) is 29.6 Å². The fraction of sp³-hybridized carbons (Fsp3) is 0.214. The SMILES string of the molecule is COc1cccc(-c2csc3nc(NC(=O)OCCCl)nn23)c1. The molecule has 120 valence electrons. The van der Waals surface area contributed by atoms with E-state index in [9.17, 15) is 4.79 Å². The predicted molar refractivity (Wildman–Crippen MR) is 88.5 cm³/mol. The van der Waals surface area contributed by atoms with Crippen molar-refractivity contribution in [3.8, 4) is 17.0 Å². The Morgan fingerprint density at radius 2 is 2.35 bits per heavy atom. The van der Waals surface area contributed by atoms with Gasteiger partial charge in [-0.2, -0.15) is 4.98 Å². The lowest BCUT2D eigenvalue weighted by Crippen LogP contribution is -2.15. The van der Waals surface area contributed by atoms with Crippen LogP contribution in [0.4, 0.5) is 10.7 Å².